The number of nitrogens with two attached hydrogens (primary N) is 1. The number of amides is 1. The zero-order valence-corrected chi connectivity index (χ0v) is 17.2. The average molecular weight is 413 g/mol. The van der Waals surface area contributed by atoms with Crippen molar-refractivity contribution < 1.29 is 4.79 Å². The number of aromatic nitrogens is 4. The number of primary amides is 1. The summed E-state index contributed by atoms with van der Waals surface area (Å²) in [6.07, 6.45) is 2.44. The first-order valence-corrected chi connectivity index (χ1v) is 10.2. The Balaban J connectivity index is 1.59. The van der Waals surface area contributed by atoms with E-state index in [4.69, 9.17) is 15.7 Å². The van der Waals surface area contributed by atoms with E-state index in [1.807, 2.05) is 24.3 Å². The second-order valence-electron chi connectivity index (χ2n) is 7.77. The quantitative estimate of drug-likeness (QED) is 0.521. The number of hydrogen-bond donors (Lipinski definition) is 2. The van der Waals surface area contributed by atoms with Crippen LogP contribution >= 0.6 is 0 Å². The van der Waals surface area contributed by atoms with Gasteiger partial charge in [0.15, 0.2) is 5.82 Å². The van der Waals surface area contributed by atoms with Crippen molar-refractivity contribution in [2.24, 2.45) is 5.73 Å². The Morgan fingerprint density at radius 3 is 2.77 bits per heavy atom. The van der Waals surface area contributed by atoms with Gasteiger partial charge in [0.2, 0.25) is 0 Å². The average Bonchev–Trinajstić information content (AvgIpc) is 3.22. The van der Waals surface area contributed by atoms with Gasteiger partial charge < -0.3 is 16.0 Å². The molecule has 1 amide bonds. The van der Waals surface area contributed by atoms with Crippen molar-refractivity contribution in [3.8, 4) is 11.5 Å². The highest BCUT2D eigenvalue weighted by atomic mass is 16.1. The summed E-state index contributed by atoms with van der Waals surface area (Å²) in [6, 6.07) is 15.6. The number of carbonyl (C=O) groups is 1. The van der Waals surface area contributed by atoms with Gasteiger partial charge in [0.25, 0.3) is 5.91 Å². The van der Waals surface area contributed by atoms with Gasteiger partial charge in [-0.1, -0.05) is 36.4 Å². The Bertz CT molecular complexity index is 1270. The van der Waals surface area contributed by atoms with Crippen molar-refractivity contribution in [3.63, 3.8) is 0 Å². The zero-order chi connectivity index (χ0) is 21.4. The largest absolute Gasteiger partial charge is 0.366 e. The summed E-state index contributed by atoms with van der Waals surface area (Å²) in [4.78, 5) is 28.3. The maximum Gasteiger partial charge on any atom is 0.265 e. The van der Waals surface area contributed by atoms with Crippen molar-refractivity contribution in [1.29, 1.82) is 0 Å². The molecule has 0 aliphatic carbocycles. The molecule has 4 heterocycles. The summed E-state index contributed by atoms with van der Waals surface area (Å²) in [5.41, 5.74) is 10.6. The van der Waals surface area contributed by atoms with E-state index in [0.29, 0.717) is 23.8 Å². The number of pyridine rings is 1. The molecule has 3 N–H and O–H groups in total. The third kappa shape index (κ3) is 3.62. The molecular formula is C23H23N7O. The number of imidazole rings is 1. The highest BCUT2D eigenvalue weighted by molar-refractivity contribution is 5.92. The van der Waals surface area contributed by atoms with Gasteiger partial charge in [-0.2, -0.15) is 0 Å². The van der Waals surface area contributed by atoms with E-state index >= 15 is 0 Å². The van der Waals surface area contributed by atoms with Crippen LogP contribution in [0.4, 0.5) is 5.82 Å². The number of benzene rings is 1. The lowest BCUT2D eigenvalue weighted by Crippen LogP contribution is -2.29. The Morgan fingerprint density at radius 1 is 1.13 bits per heavy atom. The van der Waals surface area contributed by atoms with Crippen LogP contribution in [0.3, 0.4) is 0 Å². The van der Waals surface area contributed by atoms with Gasteiger partial charge in [-0.25, -0.2) is 15.0 Å². The van der Waals surface area contributed by atoms with Gasteiger partial charge in [-0.05, 0) is 24.7 Å². The molecule has 1 aromatic carbocycles. The van der Waals surface area contributed by atoms with Gasteiger partial charge in [0.1, 0.15) is 23.5 Å². The molecule has 0 bridgehead atoms. The highest BCUT2D eigenvalue weighted by Crippen LogP contribution is 2.28. The Labute approximate surface area is 179 Å². The molecule has 0 saturated carbocycles. The number of fused-ring (bicyclic) bond motifs is 2. The number of hydrogen-bond acceptors (Lipinski definition) is 6. The Kier molecular flexibility index (Phi) is 4.83. The first-order chi connectivity index (χ1) is 15.1. The second-order valence-corrected chi connectivity index (χ2v) is 7.77. The number of nitrogens with one attached hydrogen (secondary N) is 1. The van der Waals surface area contributed by atoms with E-state index < -0.39 is 5.91 Å². The van der Waals surface area contributed by atoms with Crippen molar-refractivity contribution in [2.75, 3.05) is 18.9 Å². The SMILES string of the molecule is CN1CCc2nc(-c3ncn4c(C(N)=O)cccc34)nc(NCc3ccccc3)c2C1. The van der Waals surface area contributed by atoms with Gasteiger partial charge in [-0.15, -0.1) is 0 Å². The number of likely N-dealkylation sites (N-methyl/N-ethyl adjacent to an activating group) is 1. The lowest BCUT2D eigenvalue weighted by atomic mass is 10.1. The van der Waals surface area contributed by atoms with Crippen LogP contribution in [-0.4, -0.2) is 43.8 Å². The van der Waals surface area contributed by atoms with Crippen LogP contribution in [0, 0.1) is 0 Å². The van der Waals surface area contributed by atoms with Crippen LogP contribution in [0.15, 0.2) is 54.9 Å². The summed E-state index contributed by atoms with van der Waals surface area (Å²) in [6.45, 7) is 2.41. The van der Waals surface area contributed by atoms with Crippen LogP contribution in [0.2, 0.25) is 0 Å². The standard InChI is InChI=1S/C23H23N7O/c1-29-11-10-17-16(13-29)22(25-12-15-6-3-2-4-7-15)28-23(27-17)20-18-8-5-9-19(21(24)31)30(18)14-26-20/h2-9,14H,10-13H2,1H3,(H2,24,31)(H,25,27,28). The zero-order valence-electron chi connectivity index (χ0n) is 17.2. The van der Waals surface area contributed by atoms with E-state index in [1.165, 1.54) is 5.56 Å². The number of nitrogens with zero attached hydrogens (tertiary/aromatic N) is 5. The summed E-state index contributed by atoms with van der Waals surface area (Å²) < 4.78 is 1.69. The van der Waals surface area contributed by atoms with Crippen LogP contribution < -0.4 is 11.1 Å². The number of carbonyl (C=O) groups excluding carboxylic acids is 1. The van der Waals surface area contributed by atoms with Gasteiger partial charge >= 0.3 is 0 Å². The van der Waals surface area contributed by atoms with Crippen LogP contribution in [0.5, 0.6) is 0 Å². The van der Waals surface area contributed by atoms with Gasteiger partial charge in [0.05, 0.1) is 11.2 Å². The monoisotopic (exact) mass is 413 g/mol. The lowest BCUT2D eigenvalue weighted by molar-refractivity contribution is 0.0994. The molecule has 0 fully saturated rings. The molecule has 5 rings (SSSR count). The molecule has 156 valence electrons. The molecule has 8 heteroatoms. The molecule has 0 spiro atoms. The fourth-order valence-corrected chi connectivity index (χ4v) is 3.98. The van der Waals surface area contributed by atoms with E-state index in [2.05, 4.69) is 34.4 Å². The van der Waals surface area contributed by atoms with Crippen LogP contribution in [-0.2, 0) is 19.5 Å². The lowest BCUT2D eigenvalue weighted by Gasteiger charge is -2.26. The van der Waals surface area contributed by atoms with Crippen molar-refractivity contribution in [3.05, 3.63) is 77.4 Å². The van der Waals surface area contributed by atoms with E-state index in [0.717, 1.165) is 42.1 Å². The molecule has 3 aromatic heterocycles. The van der Waals surface area contributed by atoms with Crippen molar-refractivity contribution >= 4 is 17.2 Å². The highest BCUT2D eigenvalue weighted by Gasteiger charge is 2.23. The molecular weight excluding hydrogens is 390 g/mol. The minimum absolute atomic E-state index is 0.373. The summed E-state index contributed by atoms with van der Waals surface area (Å²) in [5.74, 6) is 0.861. The van der Waals surface area contributed by atoms with E-state index in [1.54, 1.807) is 22.9 Å². The Hall–Kier alpha value is -3.78. The number of anilines is 1. The first kappa shape index (κ1) is 19.2. The molecule has 1 aliphatic heterocycles. The minimum Gasteiger partial charge on any atom is -0.366 e. The third-order valence-corrected chi connectivity index (χ3v) is 5.59. The molecule has 0 radical (unpaired) electrons. The molecule has 4 aromatic rings. The van der Waals surface area contributed by atoms with Crippen LogP contribution in [0.25, 0.3) is 17.0 Å². The van der Waals surface area contributed by atoms with Gasteiger partial charge in [-0.3, -0.25) is 9.20 Å². The summed E-state index contributed by atoms with van der Waals surface area (Å²) >= 11 is 0. The Morgan fingerprint density at radius 2 is 1.97 bits per heavy atom. The van der Waals surface area contributed by atoms with E-state index in [-0.39, 0.29) is 0 Å². The topological polar surface area (TPSA) is 101 Å². The predicted octanol–water partition coefficient (Wildman–Crippen LogP) is 2.49. The normalized spacial score (nSPS) is 13.8. The molecule has 0 saturated heterocycles. The summed E-state index contributed by atoms with van der Waals surface area (Å²) in [7, 11) is 2.10. The van der Waals surface area contributed by atoms with E-state index in [9.17, 15) is 4.79 Å². The molecule has 31 heavy (non-hydrogen) atoms. The predicted molar refractivity (Wildman–Crippen MR) is 119 cm³/mol. The smallest absolute Gasteiger partial charge is 0.265 e. The fourth-order valence-electron chi connectivity index (χ4n) is 3.98. The minimum atomic E-state index is -0.505. The summed E-state index contributed by atoms with van der Waals surface area (Å²) in [5, 5.41) is 3.50. The van der Waals surface area contributed by atoms with Crippen LogP contribution in [0.1, 0.15) is 27.3 Å². The third-order valence-electron chi connectivity index (χ3n) is 5.59. The maximum atomic E-state index is 11.8. The number of rotatable bonds is 5. The van der Waals surface area contributed by atoms with Gasteiger partial charge in [0, 0.05) is 31.6 Å². The van der Waals surface area contributed by atoms with Crippen molar-refractivity contribution in [2.45, 2.75) is 19.5 Å². The van der Waals surface area contributed by atoms with Crippen molar-refractivity contribution in [1.82, 2.24) is 24.3 Å². The molecule has 0 atom stereocenters. The first-order valence-electron chi connectivity index (χ1n) is 10.2. The maximum absolute atomic E-state index is 11.8. The molecule has 0 unspecified atom stereocenters. The molecule has 1 aliphatic rings. The fraction of sp³-hybridized carbons (Fsp3) is 0.217. The molecule has 8 nitrogen and oxygen atoms in total. The second kappa shape index (κ2) is 7.81.